The van der Waals surface area contributed by atoms with Crippen molar-refractivity contribution >= 4 is 5.91 Å². The Balaban J connectivity index is 1.77. The molecule has 3 rings (SSSR count). The summed E-state index contributed by atoms with van der Waals surface area (Å²) in [5.41, 5.74) is 2.18. The second-order valence-electron chi connectivity index (χ2n) is 6.62. The quantitative estimate of drug-likeness (QED) is 0.911. The Labute approximate surface area is 149 Å². The van der Waals surface area contributed by atoms with Gasteiger partial charge in [0.25, 0.3) is 0 Å². The summed E-state index contributed by atoms with van der Waals surface area (Å²) < 4.78 is 5.58. The monoisotopic (exact) mass is 338 g/mol. The van der Waals surface area contributed by atoms with Crippen LogP contribution in [0.4, 0.5) is 0 Å². The summed E-state index contributed by atoms with van der Waals surface area (Å²) in [5.74, 6) is 0.0480. The molecule has 1 fully saturated rings. The van der Waals surface area contributed by atoms with Gasteiger partial charge in [-0.25, -0.2) is 0 Å². The number of carbonyl (C=O) groups is 1. The lowest BCUT2D eigenvalue weighted by molar-refractivity contribution is -0.129. The van der Waals surface area contributed by atoms with Gasteiger partial charge in [-0.3, -0.25) is 9.69 Å². The first-order chi connectivity index (χ1) is 12.1. The van der Waals surface area contributed by atoms with E-state index in [0.717, 1.165) is 24.2 Å². The van der Waals surface area contributed by atoms with Crippen LogP contribution in [0.1, 0.15) is 31.0 Å². The van der Waals surface area contributed by atoms with Crippen LogP contribution in [-0.4, -0.2) is 42.6 Å². The van der Waals surface area contributed by atoms with Gasteiger partial charge in [-0.1, -0.05) is 60.7 Å². The van der Waals surface area contributed by atoms with Crippen molar-refractivity contribution in [3.63, 3.8) is 0 Å². The van der Waals surface area contributed by atoms with E-state index in [1.165, 1.54) is 0 Å². The number of nitrogens with zero attached hydrogens (tertiary/aromatic N) is 1. The molecular weight excluding hydrogens is 312 g/mol. The Hall–Kier alpha value is -2.17. The first-order valence-corrected chi connectivity index (χ1v) is 8.91. The molecule has 2 aromatic carbocycles. The van der Waals surface area contributed by atoms with E-state index in [1.54, 1.807) is 0 Å². The maximum atomic E-state index is 12.9. The normalized spacial score (nSPS) is 19.6. The molecule has 1 aliphatic heterocycles. The second-order valence-corrected chi connectivity index (χ2v) is 6.62. The van der Waals surface area contributed by atoms with Gasteiger partial charge >= 0.3 is 0 Å². The molecule has 0 aromatic heterocycles. The van der Waals surface area contributed by atoms with Gasteiger partial charge in [0, 0.05) is 13.1 Å². The van der Waals surface area contributed by atoms with Gasteiger partial charge in [0.1, 0.15) is 0 Å². The summed E-state index contributed by atoms with van der Waals surface area (Å²) >= 11 is 0. The minimum absolute atomic E-state index is 0.0480. The summed E-state index contributed by atoms with van der Waals surface area (Å²) in [6, 6.07) is 19.9. The molecule has 1 saturated heterocycles. The molecule has 25 heavy (non-hydrogen) atoms. The number of carbonyl (C=O) groups excluding carboxylic acids is 1. The first kappa shape index (κ1) is 17.6. The van der Waals surface area contributed by atoms with E-state index in [2.05, 4.69) is 34.5 Å². The smallest absolute Gasteiger partial charge is 0.237 e. The van der Waals surface area contributed by atoms with Crippen molar-refractivity contribution in [3.05, 3.63) is 71.8 Å². The average molecular weight is 338 g/mol. The van der Waals surface area contributed by atoms with Gasteiger partial charge in [0.15, 0.2) is 0 Å². The fourth-order valence-corrected chi connectivity index (χ4v) is 3.28. The van der Waals surface area contributed by atoms with Crippen molar-refractivity contribution in [2.24, 2.45) is 0 Å². The number of hydrogen-bond donors (Lipinski definition) is 1. The Morgan fingerprint density at radius 1 is 1.08 bits per heavy atom. The third-order valence-electron chi connectivity index (χ3n) is 4.75. The van der Waals surface area contributed by atoms with Crippen LogP contribution in [0.3, 0.4) is 0 Å². The zero-order chi connectivity index (χ0) is 17.6. The lowest BCUT2D eigenvalue weighted by atomic mass is 9.98. The van der Waals surface area contributed by atoms with Crippen molar-refractivity contribution in [3.8, 4) is 0 Å². The van der Waals surface area contributed by atoms with Gasteiger partial charge in [-0.05, 0) is 25.0 Å². The van der Waals surface area contributed by atoms with Gasteiger partial charge in [0.2, 0.25) is 5.91 Å². The summed E-state index contributed by atoms with van der Waals surface area (Å²) in [5, 5.41) is 3.24. The summed E-state index contributed by atoms with van der Waals surface area (Å²) in [6.45, 7) is 6.28. The van der Waals surface area contributed by atoms with E-state index < -0.39 is 0 Å². The summed E-state index contributed by atoms with van der Waals surface area (Å²) in [7, 11) is 0. The highest BCUT2D eigenvalue weighted by atomic mass is 16.5. The van der Waals surface area contributed by atoms with E-state index in [4.69, 9.17) is 4.74 Å². The van der Waals surface area contributed by atoms with Crippen molar-refractivity contribution in [1.29, 1.82) is 0 Å². The Kier molecular flexibility index (Phi) is 5.84. The van der Waals surface area contributed by atoms with E-state index in [0.29, 0.717) is 6.61 Å². The number of ether oxygens (including phenoxy) is 1. The van der Waals surface area contributed by atoms with Crippen LogP contribution in [0.5, 0.6) is 0 Å². The molecule has 0 unspecified atom stereocenters. The van der Waals surface area contributed by atoms with Gasteiger partial charge in [-0.15, -0.1) is 0 Å². The molecule has 0 spiro atoms. The average Bonchev–Trinajstić information content (AvgIpc) is 2.66. The van der Waals surface area contributed by atoms with Gasteiger partial charge in [0.05, 0.1) is 24.8 Å². The van der Waals surface area contributed by atoms with Crippen LogP contribution < -0.4 is 5.32 Å². The minimum atomic E-state index is -0.179. The predicted octanol–water partition coefficient (Wildman–Crippen LogP) is 3.00. The molecule has 4 nitrogen and oxygen atoms in total. The van der Waals surface area contributed by atoms with E-state index in [-0.39, 0.29) is 24.1 Å². The first-order valence-electron chi connectivity index (χ1n) is 8.91. The highest BCUT2D eigenvalue weighted by Crippen LogP contribution is 2.22. The van der Waals surface area contributed by atoms with Crippen molar-refractivity contribution in [2.75, 3.05) is 19.7 Å². The molecule has 1 amide bonds. The molecular formula is C21H26N2O2. The number of rotatable bonds is 5. The van der Waals surface area contributed by atoms with Crippen LogP contribution in [0.2, 0.25) is 0 Å². The van der Waals surface area contributed by atoms with Crippen molar-refractivity contribution < 1.29 is 9.53 Å². The molecule has 1 heterocycles. The molecule has 132 valence electrons. The van der Waals surface area contributed by atoms with E-state index in [1.807, 2.05) is 50.2 Å². The summed E-state index contributed by atoms with van der Waals surface area (Å²) in [6.07, 6.45) is 0.169. The topological polar surface area (TPSA) is 41.6 Å². The predicted molar refractivity (Wildman–Crippen MR) is 99.3 cm³/mol. The Morgan fingerprint density at radius 3 is 2.16 bits per heavy atom. The number of hydrogen-bond acceptors (Lipinski definition) is 3. The Bertz CT molecular complexity index is 635. The zero-order valence-electron chi connectivity index (χ0n) is 14.9. The zero-order valence-corrected chi connectivity index (χ0v) is 14.9. The lowest BCUT2D eigenvalue weighted by Crippen LogP contribution is -2.52. The molecule has 1 N–H and O–H groups in total. The van der Waals surface area contributed by atoms with Crippen molar-refractivity contribution in [1.82, 2.24) is 10.2 Å². The van der Waals surface area contributed by atoms with Crippen LogP contribution in [-0.2, 0) is 9.53 Å². The van der Waals surface area contributed by atoms with Crippen LogP contribution in [0.15, 0.2) is 60.7 Å². The maximum absolute atomic E-state index is 12.9. The van der Waals surface area contributed by atoms with Crippen molar-refractivity contribution in [2.45, 2.75) is 32.0 Å². The third-order valence-corrected chi connectivity index (χ3v) is 4.75. The molecule has 1 aliphatic rings. The van der Waals surface area contributed by atoms with Crippen LogP contribution in [0, 0.1) is 0 Å². The molecule has 0 saturated carbocycles. The number of morpholine rings is 1. The van der Waals surface area contributed by atoms with E-state index in [9.17, 15) is 4.79 Å². The molecule has 0 bridgehead atoms. The molecule has 4 heteroatoms. The van der Waals surface area contributed by atoms with Gasteiger partial charge < -0.3 is 10.1 Å². The van der Waals surface area contributed by atoms with Crippen LogP contribution >= 0.6 is 0 Å². The molecule has 0 radical (unpaired) electrons. The standard InChI is InChI=1S/C21H26N2O2/c1-16-15-23(13-14-25-16)17(2)21(24)22-20(18-9-5-3-6-10-18)19-11-7-4-8-12-19/h3-12,16-17,20H,13-15H2,1-2H3,(H,22,24)/t16-,17-/m1/s1. The SMILES string of the molecule is C[C@@H]1CN([C@H](C)C(=O)NC(c2ccccc2)c2ccccc2)CCO1. The van der Waals surface area contributed by atoms with Gasteiger partial charge in [-0.2, -0.15) is 0 Å². The second kappa shape index (κ2) is 8.28. The fourth-order valence-electron chi connectivity index (χ4n) is 3.28. The van der Waals surface area contributed by atoms with Crippen LogP contribution in [0.25, 0.3) is 0 Å². The number of nitrogens with one attached hydrogen (secondary N) is 1. The highest BCUT2D eigenvalue weighted by Gasteiger charge is 2.28. The minimum Gasteiger partial charge on any atom is -0.376 e. The molecule has 2 aromatic rings. The molecule has 2 atom stereocenters. The largest absolute Gasteiger partial charge is 0.376 e. The highest BCUT2D eigenvalue weighted by molar-refractivity contribution is 5.82. The maximum Gasteiger partial charge on any atom is 0.237 e. The molecule has 0 aliphatic carbocycles. The number of amides is 1. The Morgan fingerprint density at radius 2 is 1.64 bits per heavy atom. The number of benzene rings is 2. The fraction of sp³-hybridized carbons (Fsp3) is 0.381. The summed E-state index contributed by atoms with van der Waals surface area (Å²) in [4.78, 5) is 15.1. The lowest BCUT2D eigenvalue weighted by Gasteiger charge is -2.35. The third kappa shape index (κ3) is 4.47. The van der Waals surface area contributed by atoms with E-state index >= 15 is 0 Å².